The Morgan fingerprint density at radius 1 is 1.09 bits per heavy atom. The highest BCUT2D eigenvalue weighted by atomic mass is 32.2. The van der Waals surface area contributed by atoms with Gasteiger partial charge in [0.15, 0.2) is 9.84 Å². The van der Waals surface area contributed by atoms with E-state index in [4.69, 9.17) is 0 Å². The summed E-state index contributed by atoms with van der Waals surface area (Å²) in [6.07, 6.45) is 0. The maximum Gasteiger partial charge on any atom is 0.238 e. The van der Waals surface area contributed by atoms with Crippen molar-refractivity contribution in [3.63, 3.8) is 0 Å². The summed E-state index contributed by atoms with van der Waals surface area (Å²) in [6, 6.07) is 5.45. The van der Waals surface area contributed by atoms with Crippen LogP contribution in [-0.4, -0.2) is 25.1 Å². The molecule has 0 unspecified atom stereocenters. The van der Waals surface area contributed by atoms with Crippen molar-refractivity contribution < 1.29 is 13.2 Å². The van der Waals surface area contributed by atoms with Crippen LogP contribution < -0.4 is 5.32 Å². The molecule has 1 N–H and O–H groups in total. The van der Waals surface area contributed by atoms with Crippen molar-refractivity contribution >= 4 is 15.7 Å². The minimum atomic E-state index is -3.74. The third-order valence-corrected chi connectivity index (χ3v) is 5.89. The zero-order valence-electron chi connectivity index (χ0n) is 15.4. The lowest BCUT2D eigenvalue weighted by Gasteiger charge is -2.24. The molecule has 5 heteroatoms. The molecule has 0 aliphatic carbocycles. The zero-order valence-corrected chi connectivity index (χ0v) is 16.3. The maximum atomic E-state index is 12.9. The number of benzene rings is 1. The van der Waals surface area contributed by atoms with E-state index in [0.29, 0.717) is 5.56 Å². The smallest absolute Gasteiger partial charge is 0.238 e. The van der Waals surface area contributed by atoms with Crippen molar-refractivity contribution in [3.05, 3.63) is 29.3 Å². The van der Waals surface area contributed by atoms with Crippen LogP contribution in [0.5, 0.6) is 0 Å². The molecule has 0 bridgehead atoms. The number of sulfone groups is 1. The Bertz CT molecular complexity index is 692. The highest BCUT2D eigenvalue weighted by Crippen LogP contribution is 2.28. The van der Waals surface area contributed by atoms with Crippen LogP contribution in [0.2, 0.25) is 0 Å². The Labute approximate surface area is 140 Å². The van der Waals surface area contributed by atoms with Crippen molar-refractivity contribution in [1.82, 2.24) is 5.32 Å². The summed E-state index contributed by atoms with van der Waals surface area (Å²) in [5.41, 5.74) is 0.969. The molecule has 0 aromatic heterocycles. The van der Waals surface area contributed by atoms with Crippen LogP contribution in [0.25, 0.3) is 0 Å². The quantitative estimate of drug-likeness (QED) is 0.918. The third-order valence-electron chi connectivity index (χ3n) is 3.69. The SMILES string of the molecule is Cc1ccc(C(C)(C)C)cc1S(=O)(=O)[C@@H](C)C(=O)NC(C)(C)C. The Kier molecular flexibility index (Phi) is 5.36. The predicted octanol–water partition coefficient (Wildman–Crippen LogP) is 3.37. The number of hydrogen-bond donors (Lipinski definition) is 1. The van der Waals surface area contributed by atoms with Gasteiger partial charge in [-0.05, 0) is 57.2 Å². The summed E-state index contributed by atoms with van der Waals surface area (Å²) in [7, 11) is -3.74. The van der Waals surface area contributed by atoms with Crippen LogP contribution >= 0.6 is 0 Å². The molecule has 130 valence electrons. The average Bonchev–Trinajstić information content (AvgIpc) is 2.34. The molecule has 0 saturated heterocycles. The third kappa shape index (κ3) is 4.80. The summed E-state index contributed by atoms with van der Waals surface area (Å²) in [4.78, 5) is 12.5. The lowest BCUT2D eigenvalue weighted by Crippen LogP contribution is -2.47. The van der Waals surface area contributed by atoms with Crippen molar-refractivity contribution in [2.75, 3.05) is 0 Å². The Hall–Kier alpha value is -1.36. The van der Waals surface area contributed by atoms with Gasteiger partial charge >= 0.3 is 0 Å². The van der Waals surface area contributed by atoms with E-state index in [2.05, 4.69) is 5.32 Å². The van der Waals surface area contributed by atoms with E-state index in [1.54, 1.807) is 13.0 Å². The molecule has 0 aliphatic heterocycles. The minimum absolute atomic E-state index is 0.158. The molecule has 1 atom stereocenters. The van der Waals surface area contributed by atoms with E-state index in [0.717, 1.165) is 5.56 Å². The first-order valence-corrected chi connectivity index (χ1v) is 9.38. The number of amides is 1. The van der Waals surface area contributed by atoms with Crippen LogP contribution in [-0.2, 0) is 20.0 Å². The van der Waals surface area contributed by atoms with Gasteiger partial charge in [0.25, 0.3) is 0 Å². The van der Waals surface area contributed by atoms with Crippen molar-refractivity contribution in [1.29, 1.82) is 0 Å². The first-order valence-electron chi connectivity index (χ1n) is 7.83. The fourth-order valence-electron chi connectivity index (χ4n) is 2.18. The van der Waals surface area contributed by atoms with Crippen LogP contribution in [0.1, 0.15) is 59.6 Å². The van der Waals surface area contributed by atoms with E-state index in [9.17, 15) is 13.2 Å². The topological polar surface area (TPSA) is 63.2 Å². The Balaban J connectivity index is 3.31. The molecule has 1 rings (SSSR count). The molecule has 0 radical (unpaired) electrons. The van der Waals surface area contributed by atoms with E-state index >= 15 is 0 Å². The molecule has 0 aliphatic rings. The molecular weight excluding hydrogens is 310 g/mol. The summed E-state index contributed by atoms with van der Waals surface area (Å²) >= 11 is 0. The molecule has 23 heavy (non-hydrogen) atoms. The van der Waals surface area contributed by atoms with Crippen LogP contribution in [0, 0.1) is 6.92 Å². The first kappa shape index (κ1) is 19.7. The second-order valence-electron chi connectivity index (χ2n) is 8.16. The van der Waals surface area contributed by atoms with Crippen molar-refractivity contribution in [2.45, 2.75) is 76.5 Å². The Morgan fingerprint density at radius 2 is 1.61 bits per heavy atom. The second-order valence-corrected chi connectivity index (χ2v) is 10.4. The zero-order chi connectivity index (χ0) is 18.2. The Morgan fingerprint density at radius 3 is 2.04 bits per heavy atom. The van der Waals surface area contributed by atoms with Gasteiger partial charge in [-0.25, -0.2) is 8.42 Å². The predicted molar refractivity (Wildman–Crippen MR) is 94.4 cm³/mol. The maximum absolute atomic E-state index is 12.9. The standard InChI is InChI=1S/C18H29NO3S/c1-12-9-10-14(17(3,4)5)11-15(12)23(21,22)13(2)16(20)19-18(6,7)8/h9-11,13H,1-8H3,(H,19,20)/t13-/m0/s1. The van der Waals surface area contributed by atoms with E-state index in [-0.39, 0.29) is 10.3 Å². The minimum Gasteiger partial charge on any atom is -0.350 e. The van der Waals surface area contributed by atoms with Crippen molar-refractivity contribution in [3.8, 4) is 0 Å². The van der Waals surface area contributed by atoms with Gasteiger partial charge in [-0.2, -0.15) is 0 Å². The number of hydrogen-bond acceptors (Lipinski definition) is 3. The van der Waals surface area contributed by atoms with Crippen LogP contribution in [0.3, 0.4) is 0 Å². The second kappa shape index (κ2) is 6.27. The van der Waals surface area contributed by atoms with Gasteiger partial charge in [0.2, 0.25) is 5.91 Å². The molecule has 0 saturated carbocycles. The number of rotatable bonds is 3. The van der Waals surface area contributed by atoms with Gasteiger partial charge in [0.05, 0.1) is 4.90 Å². The summed E-state index contributed by atoms with van der Waals surface area (Å²) in [5.74, 6) is -0.474. The molecule has 0 spiro atoms. The summed E-state index contributed by atoms with van der Waals surface area (Å²) in [6.45, 7) is 14.8. The van der Waals surface area contributed by atoms with Gasteiger partial charge in [-0.15, -0.1) is 0 Å². The van der Waals surface area contributed by atoms with Gasteiger partial charge in [-0.1, -0.05) is 32.9 Å². The van der Waals surface area contributed by atoms with Gasteiger partial charge in [0.1, 0.15) is 5.25 Å². The molecule has 1 aromatic carbocycles. The van der Waals surface area contributed by atoms with E-state index in [1.165, 1.54) is 6.92 Å². The van der Waals surface area contributed by atoms with Gasteiger partial charge < -0.3 is 5.32 Å². The van der Waals surface area contributed by atoms with Gasteiger partial charge in [0, 0.05) is 5.54 Å². The molecule has 1 aromatic rings. The lowest BCUT2D eigenvalue weighted by molar-refractivity contribution is -0.121. The lowest BCUT2D eigenvalue weighted by atomic mass is 9.87. The largest absolute Gasteiger partial charge is 0.350 e. The van der Waals surface area contributed by atoms with E-state index < -0.39 is 26.5 Å². The normalized spacial score (nSPS) is 14.4. The number of carbonyl (C=O) groups excluding carboxylic acids is 1. The fraction of sp³-hybridized carbons (Fsp3) is 0.611. The molecule has 4 nitrogen and oxygen atoms in total. The molecule has 0 fully saturated rings. The summed E-state index contributed by atoms with van der Waals surface area (Å²) < 4.78 is 25.8. The molecule has 0 heterocycles. The number of aryl methyl sites for hydroxylation is 1. The van der Waals surface area contributed by atoms with Crippen LogP contribution in [0.15, 0.2) is 23.1 Å². The highest BCUT2D eigenvalue weighted by molar-refractivity contribution is 7.92. The monoisotopic (exact) mass is 339 g/mol. The highest BCUT2D eigenvalue weighted by Gasteiger charge is 2.33. The van der Waals surface area contributed by atoms with Crippen molar-refractivity contribution in [2.24, 2.45) is 0 Å². The molecular formula is C18H29NO3S. The summed E-state index contributed by atoms with van der Waals surface area (Å²) in [5, 5.41) is 1.61. The number of carbonyl (C=O) groups is 1. The molecule has 1 amide bonds. The first-order chi connectivity index (χ1) is 10.2. The average molecular weight is 340 g/mol. The number of nitrogens with one attached hydrogen (secondary N) is 1. The van der Waals surface area contributed by atoms with Gasteiger partial charge in [-0.3, -0.25) is 4.79 Å². The van der Waals surface area contributed by atoms with E-state index in [1.807, 2.05) is 53.7 Å². The van der Waals surface area contributed by atoms with Crippen LogP contribution in [0.4, 0.5) is 0 Å². The fourth-order valence-corrected chi connectivity index (χ4v) is 3.71.